The molecule has 0 amide bonds. The molecule has 0 unspecified atom stereocenters. The number of ether oxygens (including phenoxy) is 2. The van der Waals surface area contributed by atoms with Crippen LogP contribution < -0.4 is 15.2 Å². The van der Waals surface area contributed by atoms with Crippen molar-refractivity contribution < 1.29 is 9.47 Å². The molecule has 2 aromatic rings. The van der Waals surface area contributed by atoms with Crippen LogP contribution in [0, 0.1) is 6.92 Å². The van der Waals surface area contributed by atoms with Gasteiger partial charge in [-0.1, -0.05) is 11.6 Å². The Balaban J connectivity index is 2.25. The Morgan fingerprint density at radius 1 is 1.06 bits per heavy atom. The van der Waals surface area contributed by atoms with Crippen molar-refractivity contribution in [3.05, 3.63) is 47.0 Å². The molecule has 2 N–H and O–H groups in total. The third-order valence-corrected chi connectivity index (χ3v) is 2.99. The van der Waals surface area contributed by atoms with Gasteiger partial charge in [0.1, 0.15) is 17.2 Å². The highest BCUT2D eigenvalue weighted by Crippen LogP contribution is 2.31. The highest BCUT2D eigenvalue weighted by atomic mass is 35.5. The minimum atomic E-state index is 0.581. The van der Waals surface area contributed by atoms with Crippen LogP contribution >= 0.6 is 11.6 Å². The molecule has 0 bridgehead atoms. The van der Waals surface area contributed by atoms with Gasteiger partial charge >= 0.3 is 0 Å². The molecule has 0 fully saturated rings. The number of hydrogen-bond acceptors (Lipinski definition) is 3. The van der Waals surface area contributed by atoms with E-state index in [-0.39, 0.29) is 0 Å². The molecule has 2 aromatic carbocycles. The summed E-state index contributed by atoms with van der Waals surface area (Å²) in [6, 6.07) is 10.8. The highest BCUT2D eigenvalue weighted by Gasteiger charge is 2.04. The second kappa shape index (κ2) is 5.19. The zero-order valence-electron chi connectivity index (χ0n) is 10.2. The molecule has 0 aliphatic carbocycles. The summed E-state index contributed by atoms with van der Waals surface area (Å²) in [4.78, 5) is 0. The summed E-state index contributed by atoms with van der Waals surface area (Å²) in [5, 5.41) is 0.720. The number of rotatable bonds is 3. The summed E-state index contributed by atoms with van der Waals surface area (Å²) in [7, 11) is 1.57. The smallest absolute Gasteiger partial charge is 0.145 e. The van der Waals surface area contributed by atoms with Gasteiger partial charge in [-0.3, -0.25) is 0 Å². The van der Waals surface area contributed by atoms with Crippen LogP contribution in [-0.2, 0) is 0 Å². The first-order valence-electron chi connectivity index (χ1n) is 5.47. The molecular weight excluding hydrogens is 250 g/mol. The zero-order valence-corrected chi connectivity index (χ0v) is 11.0. The number of aryl methyl sites for hydroxylation is 1. The van der Waals surface area contributed by atoms with Crippen LogP contribution in [0.5, 0.6) is 17.2 Å². The molecule has 0 heterocycles. The van der Waals surface area contributed by atoms with E-state index in [1.54, 1.807) is 31.4 Å². The Bertz CT molecular complexity index is 570. The number of methoxy groups -OCH3 is 1. The quantitative estimate of drug-likeness (QED) is 0.851. The second-order valence-electron chi connectivity index (χ2n) is 3.92. The maximum atomic E-state index is 5.96. The summed E-state index contributed by atoms with van der Waals surface area (Å²) in [5.74, 6) is 1.99. The highest BCUT2D eigenvalue weighted by molar-refractivity contribution is 6.31. The van der Waals surface area contributed by atoms with E-state index in [1.165, 1.54) is 0 Å². The van der Waals surface area contributed by atoms with Crippen molar-refractivity contribution >= 4 is 17.3 Å². The van der Waals surface area contributed by atoms with Crippen LogP contribution in [0.3, 0.4) is 0 Å². The van der Waals surface area contributed by atoms with Crippen molar-refractivity contribution in [1.29, 1.82) is 0 Å². The fourth-order valence-corrected chi connectivity index (χ4v) is 1.69. The molecule has 94 valence electrons. The maximum Gasteiger partial charge on any atom is 0.145 e. The molecule has 0 spiro atoms. The van der Waals surface area contributed by atoms with Crippen LogP contribution in [0.2, 0.25) is 5.02 Å². The standard InChI is InChI=1S/C14H14ClNO2/c1-9-7-10(3-5-12(9)15)18-11-4-6-13(16)14(8-11)17-2/h3-8H,16H2,1-2H3. The monoisotopic (exact) mass is 263 g/mol. The van der Waals surface area contributed by atoms with Crippen molar-refractivity contribution in [2.75, 3.05) is 12.8 Å². The predicted molar refractivity (Wildman–Crippen MR) is 73.7 cm³/mol. The van der Waals surface area contributed by atoms with Crippen LogP contribution in [0.4, 0.5) is 5.69 Å². The molecule has 0 aliphatic rings. The molecule has 18 heavy (non-hydrogen) atoms. The van der Waals surface area contributed by atoms with Crippen molar-refractivity contribution in [2.45, 2.75) is 6.92 Å². The average molecular weight is 264 g/mol. The lowest BCUT2D eigenvalue weighted by atomic mass is 10.2. The number of nitrogens with two attached hydrogens (primary N) is 1. The van der Waals surface area contributed by atoms with Crippen molar-refractivity contribution in [2.24, 2.45) is 0 Å². The Labute approximate surface area is 111 Å². The van der Waals surface area contributed by atoms with Gasteiger partial charge in [-0.25, -0.2) is 0 Å². The van der Waals surface area contributed by atoms with Crippen molar-refractivity contribution in [3.63, 3.8) is 0 Å². The Hall–Kier alpha value is -1.87. The van der Waals surface area contributed by atoms with Crippen LogP contribution in [0.25, 0.3) is 0 Å². The van der Waals surface area contributed by atoms with E-state index in [0.717, 1.165) is 16.3 Å². The first-order chi connectivity index (χ1) is 8.60. The van der Waals surface area contributed by atoms with Gasteiger partial charge in [0.05, 0.1) is 12.8 Å². The minimum absolute atomic E-state index is 0.581. The summed E-state index contributed by atoms with van der Waals surface area (Å²) < 4.78 is 10.9. The van der Waals surface area contributed by atoms with Gasteiger partial charge in [0.25, 0.3) is 0 Å². The molecule has 3 nitrogen and oxygen atoms in total. The van der Waals surface area contributed by atoms with Gasteiger partial charge in [0.2, 0.25) is 0 Å². The largest absolute Gasteiger partial charge is 0.494 e. The number of anilines is 1. The number of hydrogen-bond donors (Lipinski definition) is 1. The summed E-state index contributed by atoms with van der Waals surface area (Å²) in [5.41, 5.74) is 7.29. The number of nitrogen functional groups attached to an aromatic ring is 1. The second-order valence-corrected chi connectivity index (χ2v) is 4.32. The Morgan fingerprint density at radius 2 is 1.72 bits per heavy atom. The fraction of sp³-hybridized carbons (Fsp3) is 0.143. The van der Waals surface area contributed by atoms with Gasteiger partial charge in [-0.2, -0.15) is 0 Å². The molecule has 0 saturated heterocycles. The number of benzene rings is 2. The minimum Gasteiger partial charge on any atom is -0.494 e. The molecular formula is C14H14ClNO2. The van der Waals surface area contributed by atoms with E-state index in [4.69, 9.17) is 26.8 Å². The molecule has 0 atom stereocenters. The Kier molecular flexibility index (Phi) is 3.63. The van der Waals surface area contributed by atoms with Gasteiger partial charge < -0.3 is 15.2 Å². The van der Waals surface area contributed by atoms with E-state index in [0.29, 0.717) is 17.2 Å². The third kappa shape index (κ3) is 2.68. The lowest BCUT2D eigenvalue weighted by molar-refractivity contribution is 0.411. The van der Waals surface area contributed by atoms with E-state index < -0.39 is 0 Å². The summed E-state index contributed by atoms with van der Waals surface area (Å²) in [6.45, 7) is 1.93. The first-order valence-corrected chi connectivity index (χ1v) is 5.85. The molecule has 0 saturated carbocycles. The molecule has 4 heteroatoms. The maximum absolute atomic E-state index is 5.96. The number of halogens is 1. The van der Waals surface area contributed by atoms with E-state index in [2.05, 4.69) is 0 Å². The van der Waals surface area contributed by atoms with Gasteiger partial charge in [0, 0.05) is 11.1 Å². The average Bonchev–Trinajstić information content (AvgIpc) is 2.36. The molecule has 0 aliphatic heterocycles. The van der Waals surface area contributed by atoms with E-state index in [1.807, 2.05) is 19.1 Å². The lowest BCUT2D eigenvalue weighted by Gasteiger charge is -2.10. The van der Waals surface area contributed by atoms with E-state index >= 15 is 0 Å². The van der Waals surface area contributed by atoms with Gasteiger partial charge in [0.15, 0.2) is 0 Å². The predicted octanol–water partition coefficient (Wildman–Crippen LogP) is 4.03. The van der Waals surface area contributed by atoms with E-state index in [9.17, 15) is 0 Å². The molecule has 2 rings (SSSR count). The topological polar surface area (TPSA) is 44.5 Å². The van der Waals surface area contributed by atoms with Crippen LogP contribution in [0.1, 0.15) is 5.56 Å². The summed E-state index contributed by atoms with van der Waals surface area (Å²) in [6.07, 6.45) is 0. The van der Waals surface area contributed by atoms with Crippen molar-refractivity contribution in [3.8, 4) is 17.2 Å². The van der Waals surface area contributed by atoms with Crippen LogP contribution in [-0.4, -0.2) is 7.11 Å². The van der Waals surface area contributed by atoms with Gasteiger partial charge in [-0.05, 0) is 42.8 Å². The lowest BCUT2D eigenvalue weighted by Crippen LogP contribution is -1.93. The van der Waals surface area contributed by atoms with Gasteiger partial charge in [-0.15, -0.1) is 0 Å². The fourth-order valence-electron chi connectivity index (χ4n) is 1.57. The SMILES string of the molecule is COc1cc(Oc2ccc(Cl)c(C)c2)ccc1N. The zero-order chi connectivity index (χ0) is 13.1. The van der Waals surface area contributed by atoms with Crippen molar-refractivity contribution in [1.82, 2.24) is 0 Å². The molecule has 0 aromatic heterocycles. The summed E-state index contributed by atoms with van der Waals surface area (Å²) >= 11 is 5.96. The Morgan fingerprint density at radius 3 is 2.39 bits per heavy atom. The van der Waals surface area contributed by atoms with Crippen LogP contribution in [0.15, 0.2) is 36.4 Å². The molecule has 0 radical (unpaired) electrons. The third-order valence-electron chi connectivity index (χ3n) is 2.57. The normalized spacial score (nSPS) is 10.2. The first kappa shape index (κ1) is 12.6.